The van der Waals surface area contributed by atoms with Gasteiger partial charge in [-0.1, -0.05) is 47.5 Å². The summed E-state index contributed by atoms with van der Waals surface area (Å²) < 4.78 is 28.0. The molecule has 164 valence electrons. The minimum Gasteiger partial charge on any atom is -0.479 e. The number of aliphatic imine (C=N–C) groups is 1. The van der Waals surface area contributed by atoms with Crippen LogP contribution in [-0.2, 0) is 19.1 Å². The van der Waals surface area contributed by atoms with Crippen molar-refractivity contribution < 1.29 is 22.5 Å². The molecule has 10 heteroatoms. The highest BCUT2D eigenvalue weighted by molar-refractivity contribution is 7.86. The van der Waals surface area contributed by atoms with Crippen molar-refractivity contribution in [2.45, 2.75) is 13.0 Å². The van der Waals surface area contributed by atoms with Gasteiger partial charge in [0.2, 0.25) is 0 Å². The van der Waals surface area contributed by atoms with E-state index in [9.17, 15) is 18.3 Å². The standard InChI is InChI=1S/C21H20Cl2N2O5S/c1-3-25-19(14-6-10-16(23)11-7-14)18(13-4-8-15(22)9-5-13)24-17(20(25)21(26)27)12-30-31(2,28)29/h4-11,20H,3,12H2,1-2H3,(H,26,27). The van der Waals surface area contributed by atoms with Gasteiger partial charge in [0.15, 0.2) is 6.04 Å². The highest BCUT2D eigenvalue weighted by Gasteiger charge is 2.37. The zero-order valence-electron chi connectivity index (χ0n) is 16.7. The molecule has 0 aromatic heterocycles. The zero-order valence-corrected chi connectivity index (χ0v) is 19.1. The molecule has 1 heterocycles. The molecule has 0 saturated carbocycles. The van der Waals surface area contributed by atoms with Crippen LogP contribution in [0.2, 0.25) is 10.0 Å². The Balaban J connectivity index is 2.27. The van der Waals surface area contributed by atoms with E-state index in [2.05, 4.69) is 4.99 Å². The van der Waals surface area contributed by atoms with E-state index in [1.165, 1.54) is 0 Å². The smallest absolute Gasteiger partial charge is 0.332 e. The molecular weight excluding hydrogens is 463 g/mol. The molecule has 0 saturated heterocycles. The maximum atomic E-state index is 12.2. The first-order chi connectivity index (χ1) is 14.6. The van der Waals surface area contributed by atoms with Gasteiger partial charge in [0.25, 0.3) is 10.1 Å². The number of hydrogen-bond donors (Lipinski definition) is 1. The monoisotopic (exact) mass is 482 g/mol. The fraction of sp³-hybridized carbons (Fsp3) is 0.238. The molecule has 2 aromatic carbocycles. The minimum atomic E-state index is -3.80. The number of aliphatic carboxylic acids is 1. The number of carboxylic acid groups (broad SMARTS) is 1. The summed E-state index contributed by atoms with van der Waals surface area (Å²) in [5, 5.41) is 11.0. The first kappa shape index (κ1) is 23.3. The van der Waals surface area contributed by atoms with Crippen LogP contribution in [0.3, 0.4) is 0 Å². The Morgan fingerprint density at radius 2 is 1.58 bits per heavy atom. The lowest BCUT2D eigenvalue weighted by molar-refractivity contribution is -0.139. The van der Waals surface area contributed by atoms with Gasteiger partial charge in [-0.25, -0.2) is 9.79 Å². The molecule has 7 nitrogen and oxygen atoms in total. The Hall–Kier alpha value is -2.39. The van der Waals surface area contributed by atoms with Gasteiger partial charge in [0.1, 0.15) is 6.61 Å². The maximum Gasteiger partial charge on any atom is 0.332 e. The van der Waals surface area contributed by atoms with E-state index >= 15 is 0 Å². The number of halogens is 2. The van der Waals surface area contributed by atoms with Gasteiger partial charge in [-0.2, -0.15) is 8.42 Å². The number of rotatable bonds is 7. The molecule has 0 spiro atoms. The molecule has 31 heavy (non-hydrogen) atoms. The van der Waals surface area contributed by atoms with E-state index in [4.69, 9.17) is 27.4 Å². The summed E-state index contributed by atoms with van der Waals surface area (Å²) in [7, 11) is -3.80. The van der Waals surface area contributed by atoms with Crippen molar-refractivity contribution in [3.63, 3.8) is 0 Å². The van der Waals surface area contributed by atoms with Gasteiger partial charge in [0.05, 0.1) is 23.4 Å². The van der Waals surface area contributed by atoms with Gasteiger partial charge in [0, 0.05) is 27.7 Å². The van der Waals surface area contributed by atoms with Crippen LogP contribution in [0.5, 0.6) is 0 Å². The third-order valence-electron chi connectivity index (χ3n) is 4.63. The largest absolute Gasteiger partial charge is 0.479 e. The second-order valence-corrected chi connectivity index (χ2v) is 9.32. The topological polar surface area (TPSA) is 96.3 Å². The Labute approximate surface area is 190 Å². The summed E-state index contributed by atoms with van der Waals surface area (Å²) in [6, 6.07) is 12.7. The fourth-order valence-corrected chi connectivity index (χ4v) is 3.90. The predicted molar refractivity (Wildman–Crippen MR) is 122 cm³/mol. The lowest BCUT2D eigenvalue weighted by Crippen LogP contribution is -2.49. The van der Waals surface area contributed by atoms with Crippen molar-refractivity contribution in [3.05, 3.63) is 69.7 Å². The average molecular weight is 483 g/mol. The van der Waals surface area contributed by atoms with E-state index in [1.807, 2.05) is 6.92 Å². The number of carboxylic acids is 1. The van der Waals surface area contributed by atoms with Crippen molar-refractivity contribution in [2.75, 3.05) is 19.4 Å². The predicted octanol–water partition coefficient (Wildman–Crippen LogP) is 4.03. The zero-order chi connectivity index (χ0) is 22.8. The van der Waals surface area contributed by atoms with Crippen molar-refractivity contribution in [3.8, 4) is 0 Å². The Morgan fingerprint density at radius 1 is 1.06 bits per heavy atom. The summed E-state index contributed by atoms with van der Waals surface area (Å²) in [5.74, 6) is -1.17. The lowest BCUT2D eigenvalue weighted by Gasteiger charge is -2.37. The first-order valence-electron chi connectivity index (χ1n) is 9.28. The van der Waals surface area contributed by atoms with Crippen LogP contribution in [0.1, 0.15) is 18.1 Å². The number of likely N-dealkylation sites (N-methyl/N-ethyl adjacent to an activating group) is 1. The fourth-order valence-electron chi connectivity index (χ4n) is 3.32. The summed E-state index contributed by atoms with van der Waals surface area (Å²) in [4.78, 5) is 18.4. The van der Waals surface area contributed by atoms with E-state index in [-0.39, 0.29) is 5.71 Å². The molecule has 2 aromatic rings. The summed E-state index contributed by atoms with van der Waals surface area (Å²) in [6.45, 7) is 1.66. The molecule has 1 aliphatic heterocycles. The molecule has 0 bridgehead atoms. The number of nitrogens with zero attached hydrogens (tertiary/aromatic N) is 2. The van der Waals surface area contributed by atoms with Crippen molar-refractivity contribution in [1.82, 2.24) is 4.90 Å². The van der Waals surface area contributed by atoms with E-state index < -0.39 is 28.7 Å². The summed E-state index contributed by atoms with van der Waals surface area (Å²) >= 11 is 12.1. The van der Waals surface area contributed by atoms with Crippen molar-refractivity contribution in [1.29, 1.82) is 0 Å². The third-order valence-corrected chi connectivity index (χ3v) is 5.67. The highest BCUT2D eigenvalue weighted by Crippen LogP contribution is 2.36. The molecule has 1 atom stereocenters. The van der Waals surface area contributed by atoms with Crippen LogP contribution >= 0.6 is 23.2 Å². The third kappa shape index (κ3) is 5.46. The van der Waals surface area contributed by atoms with Gasteiger partial charge in [-0.15, -0.1) is 0 Å². The van der Waals surface area contributed by atoms with Crippen LogP contribution in [-0.4, -0.2) is 55.6 Å². The van der Waals surface area contributed by atoms with Crippen LogP contribution in [0.4, 0.5) is 0 Å². The number of carbonyl (C=O) groups is 1. The Morgan fingerprint density at radius 3 is 2.03 bits per heavy atom. The van der Waals surface area contributed by atoms with Gasteiger partial charge >= 0.3 is 5.97 Å². The SMILES string of the molecule is CCN1C(c2ccc(Cl)cc2)=C(c2ccc(Cl)cc2)N=C(COS(C)(=O)=O)C1C(=O)O. The molecule has 0 amide bonds. The van der Waals surface area contributed by atoms with Crippen LogP contribution < -0.4 is 0 Å². The maximum absolute atomic E-state index is 12.2. The molecule has 0 fully saturated rings. The minimum absolute atomic E-state index is 0.0717. The normalized spacial score (nSPS) is 17.0. The molecule has 0 aliphatic carbocycles. The molecule has 1 unspecified atom stereocenters. The lowest BCUT2D eigenvalue weighted by atomic mass is 9.97. The number of benzene rings is 2. The van der Waals surface area contributed by atoms with Crippen molar-refractivity contribution in [2.24, 2.45) is 4.99 Å². The second kappa shape index (κ2) is 9.40. The van der Waals surface area contributed by atoms with Crippen LogP contribution in [0, 0.1) is 0 Å². The first-order valence-corrected chi connectivity index (χ1v) is 11.9. The summed E-state index contributed by atoms with van der Waals surface area (Å²) in [5.41, 5.74) is 2.53. The summed E-state index contributed by atoms with van der Waals surface area (Å²) in [6.07, 6.45) is 0.902. The van der Waals surface area contributed by atoms with E-state index in [0.29, 0.717) is 39.1 Å². The van der Waals surface area contributed by atoms with Gasteiger partial charge in [-0.05, 0) is 31.2 Å². The highest BCUT2D eigenvalue weighted by atomic mass is 35.5. The average Bonchev–Trinajstić information content (AvgIpc) is 2.71. The molecule has 0 radical (unpaired) electrons. The Kier molecular flexibility index (Phi) is 7.06. The van der Waals surface area contributed by atoms with Crippen molar-refractivity contribution >= 4 is 56.4 Å². The second-order valence-electron chi connectivity index (χ2n) is 6.81. The van der Waals surface area contributed by atoms with E-state index in [0.717, 1.165) is 6.26 Å². The van der Waals surface area contributed by atoms with Crippen LogP contribution in [0.15, 0.2) is 53.5 Å². The molecular formula is C21H20Cl2N2O5S. The molecule has 3 rings (SSSR count). The van der Waals surface area contributed by atoms with Crippen LogP contribution in [0.25, 0.3) is 11.4 Å². The number of hydrogen-bond acceptors (Lipinski definition) is 6. The quantitative estimate of drug-likeness (QED) is 0.598. The molecule has 1 N–H and O–H groups in total. The Bertz CT molecular complexity index is 1140. The van der Waals surface area contributed by atoms with Gasteiger partial charge < -0.3 is 10.0 Å². The molecule has 1 aliphatic rings. The van der Waals surface area contributed by atoms with E-state index in [1.54, 1.807) is 53.4 Å². The van der Waals surface area contributed by atoms with Gasteiger partial charge in [-0.3, -0.25) is 4.18 Å².